The summed E-state index contributed by atoms with van der Waals surface area (Å²) in [5.74, 6) is 0.666. The summed E-state index contributed by atoms with van der Waals surface area (Å²) in [6, 6.07) is 21.2. The minimum Gasteiger partial charge on any atom is -0.491 e. The SMILES string of the molecule is C=CCNCC(=O)N1[C@@H](NC(=O)NCc2ccccc2)CN(Cc2cccc3c2NCS3)C(=O)[C@@H]1Cc1ccc(OCC(O)CO)cc1. The van der Waals surface area contributed by atoms with Crippen molar-refractivity contribution in [1.29, 1.82) is 0 Å². The first-order valence-electron chi connectivity index (χ1n) is 15.8. The molecule has 0 spiro atoms. The number of rotatable bonds is 15. The number of piperazine rings is 1. The second-order valence-electron chi connectivity index (χ2n) is 11.5. The number of aliphatic hydroxyl groups is 2. The topological polar surface area (TPSA) is 156 Å². The lowest BCUT2D eigenvalue weighted by Gasteiger charge is -2.46. The number of ether oxygens (including phenoxy) is 1. The Hall–Kier alpha value is -4.56. The number of fused-ring (bicyclic) bond motifs is 1. The van der Waals surface area contributed by atoms with E-state index in [-0.39, 0.29) is 37.9 Å². The van der Waals surface area contributed by atoms with Gasteiger partial charge in [-0.3, -0.25) is 9.59 Å². The van der Waals surface area contributed by atoms with Gasteiger partial charge in [-0.2, -0.15) is 0 Å². The number of thioether (sulfide) groups is 1. The van der Waals surface area contributed by atoms with Crippen molar-refractivity contribution in [2.75, 3.05) is 44.0 Å². The van der Waals surface area contributed by atoms with E-state index in [1.54, 1.807) is 47.0 Å². The van der Waals surface area contributed by atoms with Crippen LogP contribution in [0.15, 0.2) is 90.3 Å². The van der Waals surface area contributed by atoms with Crippen LogP contribution in [0.25, 0.3) is 0 Å². The van der Waals surface area contributed by atoms with Gasteiger partial charge in [-0.15, -0.1) is 18.3 Å². The maximum Gasteiger partial charge on any atom is 0.316 e. The molecule has 13 heteroatoms. The molecule has 0 radical (unpaired) electrons. The first-order chi connectivity index (χ1) is 23.4. The Balaban J connectivity index is 1.42. The van der Waals surface area contributed by atoms with Crippen LogP contribution in [0, 0.1) is 0 Å². The minimum atomic E-state index is -1.00. The fourth-order valence-corrected chi connectivity index (χ4v) is 6.58. The molecule has 254 valence electrons. The van der Waals surface area contributed by atoms with Crippen molar-refractivity contribution in [3.05, 3.63) is 102 Å². The van der Waals surface area contributed by atoms with Gasteiger partial charge in [0.15, 0.2) is 0 Å². The molecule has 2 aliphatic heterocycles. The van der Waals surface area contributed by atoms with E-state index >= 15 is 0 Å². The number of anilines is 1. The number of nitrogens with one attached hydrogen (secondary N) is 4. The molecule has 0 bridgehead atoms. The Kier molecular flexibility index (Phi) is 12.3. The summed E-state index contributed by atoms with van der Waals surface area (Å²) in [7, 11) is 0. The highest BCUT2D eigenvalue weighted by molar-refractivity contribution is 7.99. The lowest BCUT2D eigenvalue weighted by Crippen LogP contribution is -2.69. The van der Waals surface area contributed by atoms with E-state index in [2.05, 4.69) is 27.8 Å². The zero-order valence-electron chi connectivity index (χ0n) is 26.6. The number of hydrogen-bond donors (Lipinski definition) is 6. The number of benzene rings is 3. The minimum absolute atomic E-state index is 0.0487. The molecule has 4 amide bonds. The van der Waals surface area contributed by atoms with Crippen LogP contribution >= 0.6 is 11.8 Å². The molecule has 12 nitrogen and oxygen atoms in total. The Bertz CT molecular complexity index is 1560. The monoisotopic (exact) mass is 674 g/mol. The maximum absolute atomic E-state index is 14.4. The molecule has 1 fully saturated rings. The van der Waals surface area contributed by atoms with Gasteiger partial charge in [-0.05, 0) is 34.9 Å². The van der Waals surface area contributed by atoms with Crippen LogP contribution in [-0.2, 0) is 29.1 Å². The lowest BCUT2D eigenvalue weighted by atomic mass is 9.98. The first kappa shape index (κ1) is 34.8. The van der Waals surface area contributed by atoms with Crippen molar-refractivity contribution in [2.24, 2.45) is 0 Å². The van der Waals surface area contributed by atoms with Crippen LogP contribution in [0.4, 0.5) is 10.5 Å². The van der Waals surface area contributed by atoms with Crippen molar-refractivity contribution in [1.82, 2.24) is 25.8 Å². The second-order valence-corrected chi connectivity index (χ2v) is 12.6. The molecular formula is C35H42N6O6S. The van der Waals surface area contributed by atoms with Gasteiger partial charge >= 0.3 is 6.03 Å². The number of urea groups is 1. The number of amides is 4. The molecule has 1 saturated heterocycles. The van der Waals surface area contributed by atoms with E-state index in [4.69, 9.17) is 9.84 Å². The van der Waals surface area contributed by atoms with Crippen LogP contribution in [0.1, 0.15) is 16.7 Å². The summed E-state index contributed by atoms with van der Waals surface area (Å²) in [6.45, 7) is 4.26. The first-order valence-corrected chi connectivity index (χ1v) is 16.8. The molecule has 2 aliphatic rings. The molecule has 0 aliphatic carbocycles. The normalized spacial score (nSPS) is 17.7. The van der Waals surface area contributed by atoms with E-state index in [0.717, 1.165) is 33.2 Å². The van der Waals surface area contributed by atoms with Gasteiger partial charge < -0.3 is 46.0 Å². The highest BCUT2D eigenvalue weighted by Crippen LogP contribution is 2.37. The highest BCUT2D eigenvalue weighted by Gasteiger charge is 2.44. The summed E-state index contributed by atoms with van der Waals surface area (Å²) in [5.41, 5.74) is 3.64. The lowest BCUT2D eigenvalue weighted by molar-refractivity contribution is -0.156. The second kappa shape index (κ2) is 17.0. The Morgan fingerprint density at radius 1 is 1.08 bits per heavy atom. The van der Waals surface area contributed by atoms with Crippen molar-refractivity contribution in [3.8, 4) is 5.75 Å². The fourth-order valence-electron chi connectivity index (χ4n) is 5.69. The smallest absolute Gasteiger partial charge is 0.316 e. The molecule has 2 heterocycles. The number of aliphatic hydroxyl groups excluding tert-OH is 2. The van der Waals surface area contributed by atoms with E-state index < -0.39 is 30.9 Å². The third kappa shape index (κ3) is 9.07. The molecule has 3 atom stereocenters. The Morgan fingerprint density at radius 3 is 2.62 bits per heavy atom. The maximum atomic E-state index is 14.4. The third-order valence-corrected chi connectivity index (χ3v) is 9.00. The summed E-state index contributed by atoms with van der Waals surface area (Å²) < 4.78 is 5.55. The quantitative estimate of drug-likeness (QED) is 0.105. The third-order valence-electron chi connectivity index (χ3n) is 8.06. The fraction of sp³-hybridized carbons (Fsp3) is 0.343. The van der Waals surface area contributed by atoms with Crippen molar-refractivity contribution < 1.29 is 29.3 Å². The van der Waals surface area contributed by atoms with Crippen LogP contribution in [0.2, 0.25) is 0 Å². The average Bonchev–Trinajstić information content (AvgIpc) is 3.59. The van der Waals surface area contributed by atoms with Crippen molar-refractivity contribution >= 4 is 35.3 Å². The number of carbonyl (C=O) groups is 3. The van der Waals surface area contributed by atoms with E-state index in [1.165, 1.54) is 4.90 Å². The van der Waals surface area contributed by atoms with E-state index in [0.29, 0.717) is 25.4 Å². The largest absolute Gasteiger partial charge is 0.491 e. The van der Waals surface area contributed by atoms with Gasteiger partial charge in [-0.1, -0.05) is 60.7 Å². The zero-order valence-corrected chi connectivity index (χ0v) is 27.5. The van der Waals surface area contributed by atoms with Gasteiger partial charge in [0.05, 0.1) is 31.3 Å². The Labute approximate surface area is 284 Å². The molecule has 3 aromatic carbocycles. The van der Waals surface area contributed by atoms with Crippen LogP contribution in [0.5, 0.6) is 5.75 Å². The number of carbonyl (C=O) groups excluding carboxylic acids is 3. The molecule has 48 heavy (non-hydrogen) atoms. The van der Waals surface area contributed by atoms with Gasteiger partial charge in [0.2, 0.25) is 11.8 Å². The summed E-state index contributed by atoms with van der Waals surface area (Å²) in [6.07, 6.45) is 0.0170. The van der Waals surface area contributed by atoms with E-state index in [1.807, 2.05) is 48.5 Å². The van der Waals surface area contributed by atoms with Crippen LogP contribution in [0.3, 0.4) is 0 Å². The predicted molar refractivity (Wildman–Crippen MR) is 184 cm³/mol. The summed E-state index contributed by atoms with van der Waals surface area (Å²) >= 11 is 1.70. The van der Waals surface area contributed by atoms with Gasteiger partial charge in [0, 0.05) is 31.0 Å². The highest BCUT2D eigenvalue weighted by atomic mass is 32.2. The molecule has 0 aromatic heterocycles. The van der Waals surface area contributed by atoms with Crippen molar-refractivity contribution in [2.45, 2.75) is 42.7 Å². The summed E-state index contributed by atoms with van der Waals surface area (Å²) in [5, 5.41) is 31.0. The molecule has 0 saturated carbocycles. The van der Waals surface area contributed by atoms with Crippen LogP contribution in [-0.4, -0.2) is 94.9 Å². The molecule has 6 N–H and O–H groups in total. The van der Waals surface area contributed by atoms with Gasteiger partial charge in [0.1, 0.15) is 30.7 Å². The number of nitrogens with zero attached hydrogens (tertiary/aromatic N) is 2. The Morgan fingerprint density at radius 2 is 1.88 bits per heavy atom. The molecule has 3 aromatic rings. The zero-order chi connectivity index (χ0) is 33.9. The van der Waals surface area contributed by atoms with Crippen molar-refractivity contribution in [3.63, 3.8) is 0 Å². The summed E-state index contributed by atoms with van der Waals surface area (Å²) in [4.78, 5) is 45.8. The van der Waals surface area contributed by atoms with Gasteiger partial charge in [0.25, 0.3) is 0 Å². The molecule has 5 rings (SSSR count). The predicted octanol–water partition coefficient (Wildman–Crippen LogP) is 2.28. The van der Waals surface area contributed by atoms with Crippen LogP contribution < -0.4 is 26.0 Å². The molecule has 1 unspecified atom stereocenters. The van der Waals surface area contributed by atoms with Gasteiger partial charge in [-0.25, -0.2) is 4.79 Å². The standard InChI is InChI=1S/C35H42N6O6S/c1-2-15-36-18-32(44)41-29(16-24-11-13-28(14-12-24)47-22-27(43)21-42)34(45)40(19-26-9-6-10-30-33(26)38-23-48-30)20-31(41)39-35(46)37-17-25-7-4-3-5-8-25/h2-14,27,29,31,36,38,42-43H,1,15-23H2,(H2,37,39,46)/t27?,29-,31+/m0/s1. The number of para-hydroxylation sites is 1. The average molecular weight is 675 g/mol. The molecular weight excluding hydrogens is 632 g/mol. The number of hydrogen-bond acceptors (Lipinski definition) is 9. The van der Waals surface area contributed by atoms with E-state index in [9.17, 15) is 19.5 Å².